The van der Waals surface area contributed by atoms with E-state index in [1.165, 1.54) is 0 Å². The van der Waals surface area contributed by atoms with Crippen molar-refractivity contribution in [1.82, 2.24) is 20.2 Å². The molecule has 0 radical (unpaired) electrons. The summed E-state index contributed by atoms with van der Waals surface area (Å²) in [5.74, 6) is 1.92. The third-order valence-corrected chi connectivity index (χ3v) is 2.98. The van der Waals surface area contributed by atoms with Crippen molar-refractivity contribution in [1.29, 1.82) is 0 Å². The summed E-state index contributed by atoms with van der Waals surface area (Å²) in [6, 6.07) is 5.44. The molecule has 104 valence electrons. The van der Waals surface area contributed by atoms with E-state index >= 15 is 0 Å². The number of nitrogens with zero attached hydrogens (tertiary/aromatic N) is 4. The van der Waals surface area contributed by atoms with Crippen molar-refractivity contribution in [3.05, 3.63) is 35.9 Å². The van der Waals surface area contributed by atoms with E-state index in [0.717, 1.165) is 11.4 Å². The Morgan fingerprint density at radius 2 is 2.20 bits per heavy atom. The number of aromatic nitrogens is 4. The highest BCUT2D eigenvalue weighted by molar-refractivity contribution is 5.49. The van der Waals surface area contributed by atoms with E-state index in [1.54, 1.807) is 17.0 Å². The molecule has 0 saturated carbocycles. The largest absolute Gasteiger partial charge is 0.461 e. The number of rotatable bonds is 4. The molecule has 3 heterocycles. The van der Waals surface area contributed by atoms with Gasteiger partial charge < -0.3 is 14.7 Å². The summed E-state index contributed by atoms with van der Waals surface area (Å²) in [5, 5.41) is 12.0. The number of hydrogen-bond donors (Lipinski definition) is 1. The van der Waals surface area contributed by atoms with E-state index in [-0.39, 0.29) is 5.92 Å². The van der Waals surface area contributed by atoms with Crippen LogP contribution >= 0.6 is 0 Å². The van der Waals surface area contributed by atoms with Crippen LogP contribution in [0.3, 0.4) is 0 Å². The van der Waals surface area contributed by atoms with Crippen LogP contribution in [0.2, 0.25) is 0 Å². The van der Waals surface area contributed by atoms with E-state index in [9.17, 15) is 0 Å². The Labute approximate surface area is 115 Å². The molecule has 0 unspecified atom stereocenters. The molecule has 0 aliphatic heterocycles. The SMILES string of the molecule is CC(C)c1c(N)nnn1Cc1cc(-c2ccco2)on1. The van der Waals surface area contributed by atoms with Gasteiger partial charge in [-0.15, -0.1) is 5.10 Å². The third-order valence-electron chi connectivity index (χ3n) is 2.98. The van der Waals surface area contributed by atoms with E-state index in [0.29, 0.717) is 23.9 Å². The van der Waals surface area contributed by atoms with Crippen molar-refractivity contribution in [3.8, 4) is 11.5 Å². The van der Waals surface area contributed by atoms with Gasteiger partial charge in [0, 0.05) is 6.07 Å². The summed E-state index contributed by atoms with van der Waals surface area (Å²) in [6.45, 7) is 4.55. The van der Waals surface area contributed by atoms with Gasteiger partial charge in [-0.25, -0.2) is 4.68 Å². The van der Waals surface area contributed by atoms with Crippen molar-refractivity contribution in [2.45, 2.75) is 26.3 Å². The number of hydrogen-bond acceptors (Lipinski definition) is 6. The first kappa shape index (κ1) is 12.5. The van der Waals surface area contributed by atoms with Crippen LogP contribution in [-0.4, -0.2) is 20.2 Å². The van der Waals surface area contributed by atoms with Crippen molar-refractivity contribution >= 4 is 5.82 Å². The zero-order valence-electron chi connectivity index (χ0n) is 11.3. The second-order valence-electron chi connectivity index (χ2n) is 4.83. The second kappa shape index (κ2) is 4.84. The van der Waals surface area contributed by atoms with E-state index < -0.39 is 0 Å². The Kier molecular flexibility index (Phi) is 3.02. The maximum Gasteiger partial charge on any atom is 0.202 e. The lowest BCUT2D eigenvalue weighted by molar-refractivity contribution is 0.406. The van der Waals surface area contributed by atoms with Crippen LogP contribution in [-0.2, 0) is 6.54 Å². The third kappa shape index (κ3) is 2.18. The van der Waals surface area contributed by atoms with Crippen LogP contribution < -0.4 is 5.73 Å². The topological polar surface area (TPSA) is 95.9 Å². The quantitative estimate of drug-likeness (QED) is 0.783. The highest BCUT2D eigenvalue weighted by atomic mass is 16.5. The van der Waals surface area contributed by atoms with Gasteiger partial charge in [0.05, 0.1) is 18.5 Å². The van der Waals surface area contributed by atoms with E-state index in [4.69, 9.17) is 14.7 Å². The lowest BCUT2D eigenvalue weighted by Crippen LogP contribution is -2.09. The normalized spacial score (nSPS) is 11.3. The molecule has 0 amide bonds. The van der Waals surface area contributed by atoms with Crippen LogP contribution in [0.25, 0.3) is 11.5 Å². The lowest BCUT2D eigenvalue weighted by atomic mass is 10.1. The first-order valence-electron chi connectivity index (χ1n) is 6.33. The first-order chi connectivity index (χ1) is 9.65. The highest BCUT2D eigenvalue weighted by Crippen LogP contribution is 2.23. The van der Waals surface area contributed by atoms with Crippen molar-refractivity contribution in [2.24, 2.45) is 0 Å². The molecule has 2 N–H and O–H groups in total. The lowest BCUT2D eigenvalue weighted by Gasteiger charge is -2.07. The Morgan fingerprint density at radius 3 is 2.90 bits per heavy atom. The summed E-state index contributed by atoms with van der Waals surface area (Å²) < 4.78 is 12.3. The molecule has 3 aromatic rings. The van der Waals surface area contributed by atoms with Gasteiger partial charge in [0.25, 0.3) is 0 Å². The summed E-state index contributed by atoms with van der Waals surface area (Å²) in [7, 11) is 0. The van der Waals surface area contributed by atoms with Gasteiger partial charge in [-0.3, -0.25) is 0 Å². The van der Waals surface area contributed by atoms with Crippen molar-refractivity contribution in [2.75, 3.05) is 5.73 Å². The maximum absolute atomic E-state index is 5.83. The highest BCUT2D eigenvalue weighted by Gasteiger charge is 2.16. The summed E-state index contributed by atoms with van der Waals surface area (Å²) >= 11 is 0. The molecular weight excluding hydrogens is 258 g/mol. The number of nitrogens with two attached hydrogens (primary N) is 1. The van der Waals surface area contributed by atoms with Crippen LogP contribution in [0, 0.1) is 0 Å². The monoisotopic (exact) mass is 273 g/mol. The van der Waals surface area contributed by atoms with Gasteiger partial charge in [-0.05, 0) is 18.1 Å². The Hall–Kier alpha value is -2.57. The number of anilines is 1. The van der Waals surface area contributed by atoms with Crippen molar-refractivity contribution in [3.63, 3.8) is 0 Å². The van der Waals surface area contributed by atoms with Crippen LogP contribution in [0.5, 0.6) is 0 Å². The molecule has 3 rings (SSSR count). The minimum Gasteiger partial charge on any atom is -0.461 e. The molecule has 0 spiro atoms. The summed E-state index contributed by atoms with van der Waals surface area (Å²) in [5.41, 5.74) is 7.46. The van der Waals surface area contributed by atoms with Gasteiger partial charge in [-0.1, -0.05) is 24.2 Å². The Morgan fingerprint density at radius 1 is 1.35 bits per heavy atom. The standard InChI is InChI=1S/C13H15N5O2/c1-8(2)12-13(14)15-17-18(12)7-9-6-11(20-16-9)10-4-3-5-19-10/h3-6,8H,7,14H2,1-2H3. The Balaban J connectivity index is 1.85. The van der Waals surface area contributed by atoms with E-state index in [2.05, 4.69) is 15.5 Å². The molecule has 7 nitrogen and oxygen atoms in total. The van der Waals surface area contributed by atoms with Gasteiger partial charge in [-0.2, -0.15) is 0 Å². The van der Waals surface area contributed by atoms with Gasteiger partial charge in [0.1, 0.15) is 5.69 Å². The number of furan rings is 1. The fourth-order valence-corrected chi connectivity index (χ4v) is 2.12. The van der Waals surface area contributed by atoms with Crippen LogP contribution in [0.15, 0.2) is 33.4 Å². The fraction of sp³-hybridized carbons (Fsp3) is 0.308. The second-order valence-corrected chi connectivity index (χ2v) is 4.83. The zero-order valence-corrected chi connectivity index (χ0v) is 11.3. The van der Waals surface area contributed by atoms with Crippen LogP contribution in [0.4, 0.5) is 5.82 Å². The Bertz CT molecular complexity index is 696. The summed E-state index contributed by atoms with van der Waals surface area (Å²) in [6.07, 6.45) is 1.59. The first-order valence-corrected chi connectivity index (χ1v) is 6.33. The van der Waals surface area contributed by atoms with Crippen LogP contribution in [0.1, 0.15) is 31.2 Å². The molecule has 0 aliphatic carbocycles. The number of nitrogen functional groups attached to an aromatic ring is 1. The average molecular weight is 273 g/mol. The predicted octanol–water partition coefficient (Wildman–Crippen LogP) is 2.28. The molecule has 0 saturated heterocycles. The summed E-state index contributed by atoms with van der Waals surface area (Å²) in [4.78, 5) is 0. The molecular formula is C13H15N5O2. The molecule has 20 heavy (non-hydrogen) atoms. The molecule has 3 aromatic heterocycles. The van der Waals surface area contributed by atoms with Crippen molar-refractivity contribution < 1.29 is 8.94 Å². The molecule has 0 aromatic carbocycles. The zero-order chi connectivity index (χ0) is 14.1. The minimum absolute atomic E-state index is 0.237. The van der Waals surface area contributed by atoms with E-state index in [1.807, 2.05) is 26.0 Å². The fourth-order valence-electron chi connectivity index (χ4n) is 2.12. The maximum atomic E-state index is 5.83. The average Bonchev–Trinajstić information content (AvgIpc) is 3.10. The van der Waals surface area contributed by atoms with Gasteiger partial charge in [0.2, 0.25) is 5.76 Å². The van der Waals surface area contributed by atoms with Gasteiger partial charge >= 0.3 is 0 Å². The molecule has 7 heteroatoms. The molecule has 0 atom stereocenters. The molecule has 0 fully saturated rings. The predicted molar refractivity (Wildman–Crippen MR) is 71.8 cm³/mol. The molecule has 0 aliphatic rings. The minimum atomic E-state index is 0.237. The smallest absolute Gasteiger partial charge is 0.202 e. The molecule has 0 bridgehead atoms. The van der Waals surface area contributed by atoms with Gasteiger partial charge in [0.15, 0.2) is 11.6 Å².